The molecule has 0 aliphatic carbocycles. The normalized spacial score (nSPS) is 21.1. The number of nitrogens with zero attached hydrogens (tertiary/aromatic N) is 9. The number of carbonyl (C=O) groups is 1. The molecule has 4 atom stereocenters. The lowest BCUT2D eigenvalue weighted by molar-refractivity contribution is 0.0238. The summed E-state index contributed by atoms with van der Waals surface area (Å²) < 4.78 is 36.7. The smallest absolute Gasteiger partial charge is 0.410 e. The van der Waals surface area contributed by atoms with E-state index in [1.807, 2.05) is 60.0 Å². The highest BCUT2D eigenvalue weighted by molar-refractivity contribution is 5.85. The Morgan fingerprint density at radius 2 is 1.38 bits per heavy atom. The number of carbonyl (C=O) groups excluding carboxylic acids is 1. The molecule has 2 saturated heterocycles. The summed E-state index contributed by atoms with van der Waals surface area (Å²) in [5.41, 5.74) is 1.59. The van der Waals surface area contributed by atoms with E-state index < -0.39 is 17.8 Å². The van der Waals surface area contributed by atoms with Gasteiger partial charge in [-0.25, -0.2) is 14.8 Å². The molecule has 1 amide bonds. The fourth-order valence-electron chi connectivity index (χ4n) is 5.88. The molecule has 17 heteroatoms. The summed E-state index contributed by atoms with van der Waals surface area (Å²) in [6.45, 7) is 18.9. The van der Waals surface area contributed by atoms with Crippen LogP contribution in [0.3, 0.4) is 0 Å². The number of ether oxygens (including phenoxy) is 1. The zero-order valence-corrected chi connectivity index (χ0v) is 29.8. The van der Waals surface area contributed by atoms with Crippen molar-refractivity contribution >= 4 is 52.5 Å². The fourth-order valence-corrected chi connectivity index (χ4v) is 5.88. The van der Waals surface area contributed by atoms with Gasteiger partial charge in [0.25, 0.3) is 0 Å². The van der Waals surface area contributed by atoms with E-state index in [-0.39, 0.29) is 48.7 Å². The third-order valence-electron chi connectivity index (χ3n) is 8.14. The van der Waals surface area contributed by atoms with Crippen LogP contribution in [0.1, 0.15) is 87.2 Å². The van der Waals surface area contributed by atoms with E-state index in [4.69, 9.17) is 4.74 Å². The summed E-state index contributed by atoms with van der Waals surface area (Å²) in [5, 5.41) is 9.87. The summed E-state index contributed by atoms with van der Waals surface area (Å²) in [4.78, 5) is 38.3. The first-order valence-electron chi connectivity index (χ1n) is 16.2. The van der Waals surface area contributed by atoms with Gasteiger partial charge < -0.3 is 34.7 Å². The van der Waals surface area contributed by atoms with Gasteiger partial charge in [-0.1, -0.05) is 0 Å². The lowest BCUT2D eigenvalue weighted by Gasteiger charge is -2.26. The number of nitrogens with one attached hydrogen (secondary N) is 3. The van der Waals surface area contributed by atoms with Crippen LogP contribution >= 0.6 is 12.4 Å². The molecule has 2 aliphatic heterocycles. The summed E-state index contributed by atoms with van der Waals surface area (Å²) in [7, 11) is 0. The number of rotatable bonds is 6. The highest BCUT2D eigenvalue weighted by Crippen LogP contribution is 2.27. The van der Waals surface area contributed by atoms with Crippen molar-refractivity contribution in [2.45, 2.75) is 117 Å². The Morgan fingerprint density at radius 1 is 0.875 bits per heavy atom. The van der Waals surface area contributed by atoms with E-state index in [2.05, 4.69) is 52.8 Å². The lowest BCUT2D eigenvalue weighted by atomic mass is 10.2. The van der Waals surface area contributed by atoms with Gasteiger partial charge in [-0.3, -0.25) is 0 Å². The molecule has 2 aliphatic rings. The van der Waals surface area contributed by atoms with Gasteiger partial charge in [0.2, 0.25) is 0 Å². The Balaban J connectivity index is 0.000000221. The van der Waals surface area contributed by atoms with E-state index in [1.165, 1.54) is 0 Å². The number of anilines is 2. The first kappa shape index (κ1) is 36.9. The molecule has 0 unspecified atom stereocenters. The highest BCUT2D eigenvalue weighted by atomic mass is 35.5. The molecule has 0 saturated carbocycles. The molecule has 0 spiro atoms. The average Bonchev–Trinajstić information content (AvgIpc) is 3.74. The van der Waals surface area contributed by atoms with Gasteiger partial charge in [0.1, 0.15) is 5.60 Å². The summed E-state index contributed by atoms with van der Waals surface area (Å²) >= 11 is 0. The van der Waals surface area contributed by atoms with Crippen LogP contribution in [0.5, 0.6) is 0 Å². The zero-order valence-electron chi connectivity index (χ0n) is 29.0. The number of hydrogen-bond acceptors (Lipinski definition) is 11. The van der Waals surface area contributed by atoms with Gasteiger partial charge in [0.05, 0.1) is 12.7 Å². The molecule has 0 bridgehead atoms. The second-order valence-electron chi connectivity index (χ2n) is 14.0. The predicted octanol–water partition coefficient (Wildman–Crippen LogP) is 5.49. The molecule has 2 fully saturated rings. The minimum atomic E-state index is -0.803. The first-order chi connectivity index (χ1) is 22.1. The third-order valence-corrected chi connectivity index (χ3v) is 8.14. The number of aromatic nitrogens is 8. The van der Waals surface area contributed by atoms with Crippen molar-refractivity contribution < 1.29 is 18.3 Å². The van der Waals surface area contributed by atoms with Crippen LogP contribution in [0.25, 0.3) is 22.3 Å². The van der Waals surface area contributed by atoms with Gasteiger partial charge >= 0.3 is 18.2 Å². The van der Waals surface area contributed by atoms with Crippen LogP contribution in [0, 0.1) is 12.2 Å². The highest BCUT2D eigenvalue weighted by Gasteiger charge is 2.35. The minimum absolute atomic E-state index is 0. The molecule has 4 aromatic rings. The van der Waals surface area contributed by atoms with Gasteiger partial charge in [-0.2, -0.15) is 28.7 Å². The Kier molecular flexibility index (Phi) is 11.3. The van der Waals surface area contributed by atoms with Crippen LogP contribution in [-0.4, -0.2) is 92.9 Å². The molecule has 6 rings (SSSR count). The van der Waals surface area contributed by atoms with Gasteiger partial charge in [-0.05, 0) is 75.2 Å². The van der Waals surface area contributed by atoms with Crippen molar-refractivity contribution in [3.8, 4) is 0 Å². The molecule has 4 aromatic heterocycles. The van der Waals surface area contributed by atoms with Crippen LogP contribution < -0.4 is 16.0 Å². The van der Waals surface area contributed by atoms with E-state index in [1.54, 1.807) is 22.1 Å². The summed E-state index contributed by atoms with van der Waals surface area (Å²) in [5.74, 6) is 0.827. The molecular weight excluding hydrogens is 646 g/mol. The van der Waals surface area contributed by atoms with Crippen LogP contribution in [0.4, 0.5) is 25.2 Å². The molecule has 0 aromatic carbocycles. The minimum Gasteiger partial charge on any atom is -0.444 e. The molecule has 3 N–H and O–H groups in total. The Bertz CT molecular complexity index is 1720. The maximum Gasteiger partial charge on any atom is 0.410 e. The number of halogens is 3. The van der Waals surface area contributed by atoms with Crippen molar-refractivity contribution in [1.82, 2.24) is 49.3 Å². The maximum atomic E-state index is 14.0. The first-order valence-corrected chi connectivity index (χ1v) is 16.2. The molecular formula is C31H47ClF2N12O2. The third kappa shape index (κ3) is 8.38. The largest absolute Gasteiger partial charge is 0.444 e. The molecule has 0 radical (unpaired) electrons. The molecule has 6 heterocycles. The van der Waals surface area contributed by atoms with E-state index in [9.17, 15) is 13.6 Å². The number of amides is 1. The second kappa shape index (κ2) is 14.7. The Hall–Kier alpha value is -3.92. The number of hydrogen-bond donors (Lipinski definition) is 3. The molecule has 48 heavy (non-hydrogen) atoms. The van der Waals surface area contributed by atoms with Crippen LogP contribution in [0.2, 0.25) is 0 Å². The van der Waals surface area contributed by atoms with Crippen molar-refractivity contribution in [3.63, 3.8) is 0 Å². The average molecular weight is 693 g/mol. The van der Waals surface area contributed by atoms with E-state index in [0.717, 1.165) is 13.0 Å². The molecule has 264 valence electrons. The Morgan fingerprint density at radius 3 is 1.81 bits per heavy atom. The van der Waals surface area contributed by atoms with Crippen LogP contribution in [-0.2, 0) is 4.74 Å². The number of likely N-dealkylation sites (tertiary alicyclic amines) is 1. The fraction of sp³-hybridized carbons (Fsp3) is 0.645. The van der Waals surface area contributed by atoms with Crippen molar-refractivity contribution in [3.05, 3.63) is 24.8 Å². The standard InChI is InChI=1S/C18H27FN6O2.C13H19FN6.ClH/c1-10(2)25-9-20-13-14(22-16(19)23-15(13)25)21-12-7-11(3)24(8-12)17(26)27-18(4,5)6;1-7(2)20-6-16-10-11(18-13(14)19-12(10)20)17-9-4-8(3)15-5-9;/h9-12H,7-8H2,1-6H3,(H,21,22,23);6-9,15H,4-5H2,1-3H3,(H,17,18,19);1H/t11-,12-;8-,9-;/m00./s1. The number of fused-ring (bicyclic) bond motifs is 2. The van der Waals surface area contributed by atoms with Crippen LogP contribution in [0.15, 0.2) is 12.7 Å². The van der Waals surface area contributed by atoms with Gasteiger partial charge in [0.15, 0.2) is 34.0 Å². The van der Waals surface area contributed by atoms with E-state index >= 15 is 0 Å². The number of imidazole rings is 2. The van der Waals surface area contributed by atoms with Crippen molar-refractivity contribution in [2.75, 3.05) is 23.7 Å². The van der Waals surface area contributed by atoms with Gasteiger partial charge in [-0.15, -0.1) is 12.4 Å². The maximum absolute atomic E-state index is 14.0. The summed E-state index contributed by atoms with van der Waals surface area (Å²) in [6, 6.07) is 0.915. The quantitative estimate of drug-likeness (QED) is 0.220. The monoisotopic (exact) mass is 692 g/mol. The van der Waals surface area contributed by atoms with Gasteiger partial charge in [0, 0.05) is 49.3 Å². The zero-order chi connectivity index (χ0) is 34.2. The van der Waals surface area contributed by atoms with E-state index in [0.29, 0.717) is 53.0 Å². The van der Waals surface area contributed by atoms with Crippen molar-refractivity contribution in [1.29, 1.82) is 0 Å². The Labute approximate surface area is 285 Å². The summed E-state index contributed by atoms with van der Waals surface area (Å²) in [6.07, 6.45) is 3.14. The second-order valence-corrected chi connectivity index (χ2v) is 14.0. The van der Waals surface area contributed by atoms with Crippen molar-refractivity contribution in [2.24, 2.45) is 0 Å². The molecule has 14 nitrogen and oxygen atoms in total. The SMILES string of the molecule is CC(C)n1cnc2c(N[C@@H]3CN[C@@H](C)C3)nc(F)nc21.CC(C)n1cnc2c(N[C@H]3C[C@H](C)N(C(=O)OC(C)(C)C)C3)nc(F)nc21.Cl. The topological polar surface area (TPSA) is 153 Å². The lowest BCUT2D eigenvalue weighted by Crippen LogP contribution is -2.39. The predicted molar refractivity (Wildman–Crippen MR) is 183 cm³/mol.